The molecule has 4 rings (SSSR count). The minimum absolute atomic E-state index is 0.218. The van der Waals surface area contributed by atoms with Crippen LogP contribution in [-0.2, 0) is 17.8 Å². The molecular weight excluding hydrogens is 372 g/mol. The van der Waals surface area contributed by atoms with Crippen molar-refractivity contribution in [3.63, 3.8) is 0 Å². The first-order valence-corrected chi connectivity index (χ1v) is 10.7. The Bertz CT molecular complexity index is 817. The first-order valence-electron chi connectivity index (χ1n) is 9.73. The Morgan fingerprint density at radius 1 is 1.11 bits per heavy atom. The second-order valence-electron chi connectivity index (χ2n) is 7.16. The Morgan fingerprint density at radius 2 is 1.89 bits per heavy atom. The molecule has 2 heterocycles. The zero-order valence-corrected chi connectivity index (χ0v) is 17.0. The maximum atomic E-state index is 12.5. The molecule has 148 valence electrons. The van der Waals surface area contributed by atoms with E-state index in [2.05, 4.69) is 23.1 Å². The van der Waals surface area contributed by atoms with Crippen molar-refractivity contribution in [2.24, 2.45) is 0 Å². The second-order valence-corrected chi connectivity index (χ2v) is 8.21. The van der Waals surface area contributed by atoms with Gasteiger partial charge in [-0.3, -0.25) is 9.69 Å². The van der Waals surface area contributed by atoms with Gasteiger partial charge in [0.2, 0.25) is 5.91 Å². The third kappa shape index (κ3) is 4.62. The summed E-state index contributed by atoms with van der Waals surface area (Å²) in [4.78, 5) is 18.0. The Kier molecular flexibility index (Phi) is 6.07. The van der Waals surface area contributed by atoms with Crippen LogP contribution in [0, 0.1) is 0 Å². The Morgan fingerprint density at radius 3 is 2.64 bits per heavy atom. The largest absolute Gasteiger partial charge is 0.497 e. The van der Waals surface area contributed by atoms with Crippen molar-refractivity contribution in [1.29, 1.82) is 0 Å². The number of methoxy groups -OCH3 is 1. The fourth-order valence-corrected chi connectivity index (χ4v) is 4.46. The lowest BCUT2D eigenvalue weighted by Crippen LogP contribution is -2.48. The smallest absolute Gasteiger partial charge is 0.233 e. The first kappa shape index (κ1) is 19.2. The number of hydrogen-bond donors (Lipinski definition) is 0. The fourth-order valence-electron chi connectivity index (χ4n) is 3.66. The average Bonchev–Trinajstić information content (AvgIpc) is 3.21. The highest BCUT2D eigenvalue weighted by Crippen LogP contribution is 2.26. The molecule has 0 N–H and O–H groups in total. The fraction of sp³-hybridized carbons (Fsp3) is 0.409. The third-order valence-corrected chi connectivity index (χ3v) is 6.30. The lowest BCUT2D eigenvalue weighted by atomic mass is 10.1. The van der Waals surface area contributed by atoms with E-state index in [4.69, 9.17) is 9.47 Å². The maximum Gasteiger partial charge on any atom is 0.233 e. The van der Waals surface area contributed by atoms with Crippen molar-refractivity contribution in [1.82, 2.24) is 9.80 Å². The number of piperazine rings is 1. The molecule has 2 aliphatic heterocycles. The van der Waals surface area contributed by atoms with Gasteiger partial charge in [0.1, 0.15) is 11.5 Å². The summed E-state index contributed by atoms with van der Waals surface area (Å²) in [5.74, 6) is 2.57. The molecule has 0 radical (unpaired) electrons. The van der Waals surface area contributed by atoms with Crippen molar-refractivity contribution in [2.45, 2.75) is 17.9 Å². The molecule has 0 spiro atoms. The van der Waals surface area contributed by atoms with Crippen molar-refractivity contribution in [3.8, 4) is 11.5 Å². The number of nitrogens with zero attached hydrogens (tertiary/aromatic N) is 2. The molecule has 0 unspecified atom stereocenters. The summed E-state index contributed by atoms with van der Waals surface area (Å²) in [6.45, 7) is 5.19. The summed E-state index contributed by atoms with van der Waals surface area (Å²) >= 11 is 1.58. The Hall–Kier alpha value is -2.18. The highest BCUT2D eigenvalue weighted by molar-refractivity contribution is 8.00. The maximum absolute atomic E-state index is 12.5. The van der Waals surface area contributed by atoms with Gasteiger partial charge in [-0.05, 0) is 41.5 Å². The van der Waals surface area contributed by atoms with E-state index in [9.17, 15) is 4.79 Å². The molecule has 0 atom stereocenters. The van der Waals surface area contributed by atoms with Crippen molar-refractivity contribution in [2.75, 3.05) is 45.6 Å². The number of carbonyl (C=O) groups excluding carboxylic acids is 1. The summed E-state index contributed by atoms with van der Waals surface area (Å²) in [6.07, 6.45) is 1.01. The van der Waals surface area contributed by atoms with Crippen molar-refractivity contribution >= 4 is 17.7 Å². The predicted molar refractivity (Wildman–Crippen MR) is 111 cm³/mol. The SMILES string of the molecule is COc1ccc(SCC(=O)N2CCN(Cc3ccc4c(c3)CCO4)CC2)cc1. The van der Waals surface area contributed by atoms with Gasteiger partial charge < -0.3 is 14.4 Å². The molecule has 6 heteroatoms. The number of benzene rings is 2. The summed E-state index contributed by atoms with van der Waals surface area (Å²) in [5.41, 5.74) is 2.65. The van der Waals surface area contributed by atoms with Gasteiger partial charge in [0.05, 0.1) is 19.5 Å². The van der Waals surface area contributed by atoms with Gasteiger partial charge in [-0.25, -0.2) is 0 Å². The van der Waals surface area contributed by atoms with E-state index in [1.165, 1.54) is 11.1 Å². The van der Waals surface area contributed by atoms with Crippen LogP contribution >= 0.6 is 11.8 Å². The zero-order valence-electron chi connectivity index (χ0n) is 16.2. The van der Waals surface area contributed by atoms with Gasteiger partial charge in [-0.2, -0.15) is 0 Å². The number of hydrogen-bond acceptors (Lipinski definition) is 5. The quantitative estimate of drug-likeness (QED) is 0.700. The van der Waals surface area contributed by atoms with Gasteiger partial charge in [-0.1, -0.05) is 12.1 Å². The molecular formula is C22H26N2O3S. The topological polar surface area (TPSA) is 42.0 Å². The van der Waals surface area contributed by atoms with E-state index < -0.39 is 0 Å². The van der Waals surface area contributed by atoms with E-state index in [1.54, 1.807) is 18.9 Å². The predicted octanol–water partition coefficient (Wildman–Crippen LogP) is 3.07. The van der Waals surface area contributed by atoms with Crippen LogP contribution in [0.4, 0.5) is 0 Å². The number of rotatable bonds is 6. The van der Waals surface area contributed by atoms with Crippen LogP contribution in [0.25, 0.3) is 0 Å². The molecule has 2 aliphatic rings. The number of ether oxygens (including phenoxy) is 2. The molecule has 0 saturated carbocycles. The van der Waals surface area contributed by atoms with Crippen LogP contribution in [-0.4, -0.2) is 61.4 Å². The van der Waals surface area contributed by atoms with E-state index in [0.717, 1.165) is 62.1 Å². The molecule has 0 aromatic heterocycles. The van der Waals surface area contributed by atoms with E-state index >= 15 is 0 Å². The highest BCUT2D eigenvalue weighted by Gasteiger charge is 2.21. The standard InChI is InChI=1S/C22H26N2O3S/c1-26-19-3-5-20(6-4-19)28-16-22(25)24-11-9-23(10-12-24)15-17-2-7-21-18(14-17)8-13-27-21/h2-7,14H,8-13,15-16H2,1H3. The van der Waals surface area contributed by atoms with Crippen LogP contribution in [0.2, 0.25) is 0 Å². The average molecular weight is 399 g/mol. The molecule has 28 heavy (non-hydrogen) atoms. The molecule has 0 bridgehead atoms. The molecule has 0 aliphatic carbocycles. The summed E-state index contributed by atoms with van der Waals surface area (Å²) in [5, 5.41) is 0. The van der Waals surface area contributed by atoms with Crippen molar-refractivity contribution < 1.29 is 14.3 Å². The van der Waals surface area contributed by atoms with Crippen LogP contribution in [0.15, 0.2) is 47.4 Å². The highest BCUT2D eigenvalue weighted by atomic mass is 32.2. The van der Waals surface area contributed by atoms with Gasteiger partial charge >= 0.3 is 0 Å². The van der Waals surface area contributed by atoms with Crippen LogP contribution < -0.4 is 9.47 Å². The summed E-state index contributed by atoms with van der Waals surface area (Å²) in [6, 6.07) is 14.4. The minimum atomic E-state index is 0.218. The number of thioether (sulfide) groups is 1. The molecule has 1 saturated heterocycles. The van der Waals surface area contributed by atoms with Crippen molar-refractivity contribution in [3.05, 3.63) is 53.6 Å². The Balaban J connectivity index is 1.22. The van der Waals surface area contributed by atoms with Gasteiger partial charge in [0, 0.05) is 44.0 Å². The monoisotopic (exact) mass is 398 g/mol. The molecule has 1 fully saturated rings. The van der Waals surface area contributed by atoms with E-state index in [0.29, 0.717) is 5.75 Å². The van der Waals surface area contributed by atoms with Gasteiger partial charge in [0.15, 0.2) is 0 Å². The number of amides is 1. The third-order valence-electron chi connectivity index (χ3n) is 5.31. The first-order chi connectivity index (χ1) is 13.7. The van der Waals surface area contributed by atoms with Gasteiger partial charge in [0.25, 0.3) is 0 Å². The molecule has 2 aromatic carbocycles. The molecule has 2 aromatic rings. The van der Waals surface area contributed by atoms with E-state index in [1.807, 2.05) is 29.2 Å². The van der Waals surface area contributed by atoms with Gasteiger partial charge in [-0.15, -0.1) is 11.8 Å². The number of carbonyl (C=O) groups is 1. The second kappa shape index (κ2) is 8.88. The number of fused-ring (bicyclic) bond motifs is 1. The normalized spacial score (nSPS) is 16.5. The Labute approximate surface area is 170 Å². The van der Waals surface area contributed by atoms with Crippen LogP contribution in [0.5, 0.6) is 11.5 Å². The summed E-state index contributed by atoms with van der Waals surface area (Å²) < 4.78 is 10.8. The van der Waals surface area contributed by atoms with E-state index in [-0.39, 0.29) is 5.91 Å². The molecule has 1 amide bonds. The van der Waals surface area contributed by atoms with Crippen LogP contribution in [0.3, 0.4) is 0 Å². The summed E-state index contributed by atoms with van der Waals surface area (Å²) in [7, 11) is 1.66. The minimum Gasteiger partial charge on any atom is -0.497 e. The molecule has 5 nitrogen and oxygen atoms in total. The van der Waals surface area contributed by atoms with Crippen LogP contribution in [0.1, 0.15) is 11.1 Å². The lowest BCUT2D eigenvalue weighted by molar-refractivity contribution is -0.130. The zero-order chi connectivity index (χ0) is 19.3. The lowest BCUT2D eigenvalue weighted by Gasteiger charge is -2.34.